The van der Waals surface area contributed by atoms with E-state index in [2.05, 4.69) is 80.5 Å². The molecule has 0 amide bonds. The van der Waals surface area contributed by atoms with E-state index in [0.717, 1.165) is 42.1 Å². The number of hydrogen-bond acceptors (Lipinski definition) is 4. The fourth-order valence-electron chi connectivity index (χ4n) is 5.38. The Balaban J connectivity index is 2.30. The lowest BCUT2D eigenvalue weighted by Gasteiger charge is -2.42. The topological polar surface area (TPSA) is 40.2 Å². The van der Waals surface area contributed by atoms with Crippen LogP contribution in [0.3, 0.4) is 0 Å². The van der Waals surface area contributed by atoms with Crippen LogP contribution in [0.1, 0.15) is 80.7 Å². The summed E-state index contributed by atoms with van der Waals surface area (Å²) in [5.41, 5.74) is 3.84. The zero-order valence-corrected chi connectivity index (χ0v) is 23.3. The average molecular weight is 463 g/mol. The summed E-state index contributed by atoms with van der Waals surface area (Å²) in [6, 6.07) is 4.10. The van der Waals surface area contributed by atoms with E-state index in [1.54, 1.807) is 14.2 Å². The summed E-state index contributed by atoms with van der Waals surface area (Å²) in [6.45, 7) is 20.3. The second-order valence-electron chi connectivity index (χ2n) is 10.7. The molecule has 0 radical (unpaired) electrons. The molecule has 0 unspecified atom stereocenters. The largest absolute Gasteiger partial charge is 0.543 e. The Hall–Kier alpha value is -1.46. The molecular weight excluding hydrogens is 416 g/mol. The Kier molecular flexibility index (Phi) is 8.91. The molecule has 1 aromatic rings. The first kappa shape index (κ1) is 26.8. The van der Waals surface area contributed by atoms with Crippen LogP contribution in [-0.2, 0) is 11.2 Å². The first-order chi connectivity index (χ1) is 14.9. The first-order valence-electron chi connectivity index (χ1n) is 12.2. The van der Waals surface area contributed by atoms with Gasteiger partial charge in [0.05, 0.1) is 25.9 Å². The summed E-state index contributed by atoms with van der Waals surface area (Å²) in [5.74, 6) is 2.49. The van der Waals surface area contributed by atoms with Gasteiger partial charge < -0.3 is 18.6 Å². The monoisotopic (exact) mass is 462 g/mol. The van der Waals surface area contributed by atoms with Crippen LogP contribution in [0.2, 0.25) is 16.6 Å². The lowest BCUT2D eigenvalue weighted by Crippen LogP contribution is -2.50. The number of hydrogen-bond donors (Lipinski definition) is 0. The van der Waals surface area contributed by atoms with E-state index < -0.39 is 8.32 Å². The number of ether oxygens (including phenoxy) is 3. The van der Waals surface area contributed by atoms with E-state index in [-0.39, 0.29) is 11.7 Å². The maximum absolute atomic E-state index is 6.90. The summed E-state index contributed by atoms with van der Waals surface area (Å²) in [4.78, 5) is 0. The molecule has 32 heavy (non-hydrogen) atoms. The summed E-state index contributed by atoms with van der Waals surface area (Å²) in [5, 5.41) is 0. The molecule has 1 fully saturated rings. The molecule has 2 atom stereocenters. The fraction of sp³-hybridized carbons (Fsp3) is 0.704. The number of rotatable bonds is 12. The van der Waals surface area contributed by atoms with E-state index in [1.807, 2.05) is 0 Å². The van der Waals surface area contributed by atoms with Crippen molar-refractivity contribution in [2.24, 2.45) is 0 Å². The quantitative estimate of drug-likeness (QED) is 0.181. The standard InChI is InChI=1S/C27H46O4Si/c1-18(2)13-12-14-27(9)26(30-27)17-23-24(28-10)15-22(16-25(23)29-11)31-32(19(3)4,20(5)6)21(7)8/h13,15-16,19-21,26H,12,14,17H2,1-11H3/t26-,27-/m0/s1. The van der Waals surface area contributed by atoms with Crippen LogP contribution < -0.4 is 13.9 Å². The normalized spacial score (nSPS) is 20.6. The molecule has 1 aromatic carbocycles. The maximum atomic E-state index is 6.90. The Morgan fingerprint density at radius 3 is 1.91 bits per heavy atom. The minimum absolute atomic E-state index is 0.0772. The number of methoxy groups -OCH3 is 2. The SMILES string of the molecule is COc1cc(O[Si](C(C)C)(C(C)C)C(C)C)cc(OC)c1C[C@@H]1O[C@@]1(C)CCC=C(C)C. The number of epoxide rings is 1. The van der Waals surface area contributed by atoms with E-state index in [0.29, 0.717) is 16.6 Å². The van der Waals surface area contributed by atoms with Crippen molar-refractivity contribution in [1.82, 2.24) is 0 Å². The first-order valence-corrected chi connectivity index (χ1v) is 14.3. The third-order valence-corrected chi connectivity index (χ3v) is 13.2. The van der Waals surface area contributed by atoms with E-state index in [9.17, 15) is 0 Å². The smallest absolute Gasteiger partial charge is 0.258 e. The number of benzene rings is 1. The van der Waals surface area contributed by atoms with Gasteiger partial charge in [0.15, 0.2) is 0 Å². The summed E-state index contributed by atoms with van der Waals surface area (Å²) >= 11 is 0. The van der Waals surface area contributed by atoms with Gasteiger partial charge in [-0.2, -0.15) is 0 Å². The lowest BCUT2D eigenvalue weighted by molar-refractivity contribution is 0.296. The molecule has 4 nitrogen and oxygen atoms in total. The second kappa shape index (κ2) is 10.6. The van der Waals surface area contributed by atoms with Crippen LogP contribution >= 0.6 is 0 Å². The van der Waals surface area contributed by atoms with Crippen molar-refractivity contribution < 1.29 is 18.6 Å². The van der Waals surface area contributed by atoms with Gasteiger partial charge in [-0.05, 0) is 50.2 Å². The molecule has 0 bridgehead atoms. The molecule has 182 valence electrons. The van der Waals surface area contributed by atoms with Crippen molar-refractivity contribution in [3.63, 3.8) is 0 Å². The highest BCUT2D eigenvalue weighted by molar-refractivity contribution is 6.78. The van der Waals surface area contributed by atoms with Gasteiger partial charge in [-0.1, -0.05) is 53.2 Å². The highest BCUT2D eigenvalue weighted by Gasteiger charge is 2.52. The van der Waals surface area contributed by atoms with Gasteiger partial charge >= 0.3 is 0 Å². The summed E-state index contributed by atoms with van der Waals surface area (Å²) < 4.78 is 24.7. The molecule has 1 aliphatic heterocycles. The molecule has 2 rings (SSSR count). The Bertz CT molecular complexity index is 748. The van der Waals surface area contributed by atoms with Crippen molar-refractivity contribution in [3.05, 3.63) is 29.3 Å². The van der Waals surface area contributed by atoms with Crippen molar-refractivity contribution in [2.45, 2.75) is 110 Å². The highest BCUT2D eigenvalue weighted by atomic mass is 28.4. The van der Waals surface area contributed by atoms with Crippen LogP contribution in [-0.4, -0.2) is 34.2 Å². The predicted molar refractivity (Wildman–Crippen MR) is 137 cm³/mol. The van der Waals surface area contributed by atoms with Gasteiger partial charge in [-0.3, -0.25) is 0 Å². The van der Waals surface area contributed by atoms with Crippen LogP contribution in [0, 0.1) is 0 Å². The van der Waals surface area contributed by atoms with Gasteiger partial charge in [0.25, 0.3) is 8.32 Å². The molecule has 0 aliphatic carbocycles. The Morgan fingerprint density at radius 2 is 1.50 bits per heavy atom. The van der Waals surface area contributed by atoms with E-state index >= 15 is 0 Å². The molecule has 0 N–H and O–H groups in total. The molecule has 1 saturated heterocycles. The zero-order chi connectivity index (χ0) is 24.3. The molecule has 5 heteroatoms. The molecule has 0 saturated carbocycles. The Labute approximate surface area is 197 Å². The lowest BCUT2D eigenvalue weighted by atomic mass is 9.95. The molecule has 1 aliphatic rings. The third-order valence-electron chi connectivity index (χ3n) is 7.20. The van der Waals surface area contributed by atoms with Crippen molar-refractivity contribution in [1.29, 1.82) is 0 Å². The summed E-state index contributed by atoms with van der Waals surface area (Å²) in [7, 11) is 1.38. The Morgan fingerprint density at radius 1 is 1.00 bits per heavy atom. The minimum atomic E-state index is -2.07. The van der Waals surface area contributed by atoms with E-state index in [1.165, 1.54) is 5.57 Å². The van der Waals surface area contributed by atoms with Gasteiger partial charge in [-0.15, -0.1) is 0 Å². The number of allylic oxidation sites excluding steroid dienone is 2. The zero-order valence-electron chi connectivity index (χ0n) is 22.3. The highest BCUT2D eigenvalue weighted by Crippen LogP contribution is 2.48. The third kappa shape index (κ3) is 5.71. The van der Waals surface area contributed by atoms with Crippen molar-refractivity contribution in [3.8, 4) is 17.2 Å². The van der Waals surface area contributed by atoms with E-state index in [4.69, 9.17) is 18.6 Å². The summed E-state index contributed by atoms with van der Waals surface area (Å²) in [6.07, 6.45) is 5.31. The minimum Gasteiger partial charge on any atom is -0.543 e. The van der Waals surface area contributed by atoms with Gasteiger partial charge in [0, 0.05) is 24.1 Å². The van der Waals surface area contributed by atoms with Crippen LogP contribution in [0.5, 0.6) is 17.2 Å². The molecule has 1 heterocycles. The van der Waals surface area contributed by atoms with Crippen LogP contribution in [0.15, 0.2) is 23.8 Å². The van der Waals surface area contributed by atoms with Gasteiger partial charge in [0.2, 0.25) is 0 Å². The predicted octanol–water partition coefficient (Wildman–Crippen LogP) is 7.70. The second-order valence-corrected chi connectivity index (χ2v) is 16.0. The van der Waals surface area contributed by atoms with Crippen LogP contribution in [0.25, 0.3) is 0 Å². The molecular formula is C27H46O4Si. The maximum Gasteiger partial charge on any atom is 0.258 e. The average Bonchev–Trinajstić information content (AvgIpc) is 3.34. The molecule has 0 spiro atoms. The van der Waals surface area contributed by atoms with Crippen LogP contribution in [0.4, 0.5) is 0 Å². The van der Waals surface area contributed by atoms with Gasteiger partial charge in [0.1, 0.15) is 17.2 Å². The van der Waals surface area contributed by atoms with Gasteiger partial charge in [-0.25, -0.2) is 0 Å². The fourth-order valence-corrected chi connectivity index (χ4v) is 10.6. The molecule has 0 aromatic heterocycles. The van der Waals surface area contributed by atoms with Crippen molar-refractivity contribution in [2.75, 3.05) is 14.2 Å². The van der Waals surface area contributed by atoms with Crippen molar-refractivity contribution >= 4 is 8.32 Å².